The Morgan fingerprint density at radius 2 is 1.70 bits per heavy atom. The average molecular weight is 409 g/mol. The molecule has 1 heterocycles. The normalized spacial score (nSPS) is 11.0. The number of hydrogen-bond acceptors (Lipinski definition) is 5. The summed E-state index contributed by atoms with van der Waals surface area (Å²) in [5.41, 5.74) is 1.87. The molecule has 0 unspecified atom stereocenters. The van der Waals surface area contributed by atoms with Crippen LogP contribution in [0.15, 0.2) is 57.7 Å². The number of carbonyl (C=O) groups is 1. The van der Waals surface area contributed by atoms with E-state index >= 15 is 0 Å². The first-order chi connectivity index (χ1) is 14.6. The highest BCUT2D eigenvalue weighted by atomic mass is 16.5. The van der Waals surface area contributed by atoms with Crippen molar-refractivity contribution in [3.8, 4) is 11.3 Å². The van der Waals surface area contributed by atoms with Crippen molar-refractivity contribution in [3.05, 3.63) is 69.9 Å². The molecule has 0 N–H and O–H groups in total. The first-order valence-corrected chi connectivity index (χ1v) is 9.97. The zero-order chi connectivity index (χ0) is 21.5. The minimum Gasteiger partial charge on any atom is -0.455 e. The molecule has 30 heavy (non-hydrogen) atoms. The van der Waals surface area contributed by atoms with Crippen LogP contribution in [-0.2, 0) is 9.47 Å². The molecule has 3 rings (SSSR count). The number of rotatable bonds is 9. The number of amides is 1. The van der Waals surface area contributed by atoms with Gasteiger partial charge in [0.25, 0.3) is 5.91 Å². The summed E-state index contributed by atoms with van der Waals surface area (Å²) in [4.78, 5) is 28.1. The van der Waals surface area contributed by atoms with Gasteiger partial charge in [-0.2, -0.15) is 0 Å². The van der Waals surface area contributed by atoms with Gasteiger partial charge in [-0.3, -0.25) is 9.59 Å². The van der Waals surface area contributed by atoms with E-state index in [0.29, 0.717) is 60.6 Å². The Morgan fingerprint density at radius 3 is 2.40 bits per heavy atom. The van der Waals surface area contributed by atoms with Gasteiger partial charge in [0.15, 0.2) is 11.0 Å². The number of carbonyl (C=O) groups excluding carboxylic acids is 1. The van der Waals surface area contributed by atoms with E-state index in [1.165, 1.54) is 0 Å². The van der Waals surface area contributed by atoms with E-state index in [2.05, 4.69) is 0 Å². The summed E-state index contributed by atoms with van der Waals surface area (Å²) in [7, 11) is 3.23. The predicted octanol–water partition coefficient (Wildman–Crippen LogP) is 3.89. The number of fused-ring (bicyclic) bond motifs is 1. The lowest BCUT2D eigenvalue weighted by atomic mass is 10.0. The van der Waals surface area contributed by atoms with Crippen LogP contribution in [0, 0.1) is 6.92 Å². The molecule has 2 aromatic carbocycles. The van der Waals surface area contributed by atoms with E-state index in [4.69, 9.17) is 13.9 Å². The van der Waals surface area contributed by atoms with Crippen molar-refractivity contribution in [2.24, 2.45) is 0 Å². The van der Waals surface area contributed by atoms with Gasteiger partial charge >= 0.3 is 0 Å². The Balaban J connectivity index is 2.09. The van der Waals surface area contributed by atoms with Crippen molar-refractivity contribution in [2.75, 3.05) is 40.5 Å². The van der Waals surface area contributed by atoms with Crippen LogP contribution in [0.1, 0.15) is 22.3 Å². The Kier molecular flexibility index (Phi) is 7.38. The summed E-state index contributed by atoms with van der Waals surface area (Å²) in [6.07, 6.45) is 0.703. The lowest BCUT2D eigenvalue weighted by Gasteiger charge is -2.23. The molecule has 0 bridgehead atoms. The summed E-state index contributed by atoms with van der Waals surface area (Å²) in [6, 6.07) is 14.6. The van der Waals surface area contributed by atoms with Crippen LogP contribution < -0.4 is 5.43 Å². The first kappa shape index (κ1) is 21.7. The second-order valence-corrected chi connectivity index (χ2v) is 7.06. The highest BCUT2D eigenvalue weighted by molar-refractivity contribution is 6.05. The van der Waals surface area contributed by atoms with Gasteiger partial charge in [0, 0.05) is 45.0 Å². The molecule has 1 amide bonds. The van der Waals surface area contributed by atoms with Gasteiger partial charge in [0.2, 0.25) is 0 Å². The minimum absolute atomic E-state index is 0.132. The highest BCUT2D eigenvalue weighted by Gasteiger charge is 2.22. The van der Waals surface area contributed by atoms with Gasteiger partial charge in [0.1, 0.15) is 5.76 Å². The second-order valence-electron chi connectivity index (χ2n) is 7.06. The maximum atomic E-state index is 13.4. The van der Waals surface area contributed by atoms with Gasteiger partial charge in [0.05, 0.1) is 17.6 Å². The fraction of sp³-hybridized carbons (Fsp3) is 0.333. The molecular formula is C24H27NO5. The van der Waals surface area contributed by atoms with E-state index < -0.39 is 0 Å². The first-order valence-electron chi connectivity index (χ1n) is 9.97. The third-order valence-corrected chi connectivity index (χ3v) is 5.04. The fourth-order valence-electron chi connectivity index (χ4n) is 3.43. The topological polar surface area (TPSA) is 69.0 Å². The molecule has 3 aromatic rings. The quantitative estimate of drug-likeness (QED) is 0.502. The van der Waals surface area contributed by atoms with Crippen LogP contribution in [-0.4, -0.2) is 51.3 Å². The number of benzene rings is 2. The van der Waals surface area contributed by atoms with Crippen molar-refractivity contribution < 1.29 is 18.7 Å². The second kappa shape index (κ2) is 10.2. The van der Waals surface area contributed by atoms with Crippen LogP contribution in [0.25, 0.3) is 22.3 Å². The lowest BCUT2D eigenvalue weighted by Crippen LogP contribution is -2.35. The molecule has 0 spiro atoms. The molecule has 0 atom stereocenters. The largest absolute Gasteiger partial charge is 0.455 e. The third kappa shape index (κ3) is 4.61. The van der Waals surface area contributed by atoms with E-state index in [9.17, 15) is 9.59 Å². The fourth-order valence-corrected chi connectivity index (χ4v) is 3.43. The number of para-hydroxylation sites is 1. The smallest absolute Gasteiger partial charge is 0.257 e. The van der Waals surface area contributed by atoms with Gasteiger partial charge in [-0.25, -0.2) is 0 Å². The molecule has 6 heteroatoms. The molecule has 0 saturated heterocycles. The number of hydrogen-bond donors (Lipinski definition) is 0. The zero-order valence-corrected chi connectivity index (χ0v) is 17.6. The molecule has 6 nitrogen and oxygen atoms in total. The summed E-state index contributed by atoms with van der Waals surface area (Å²) in [5.74, 6) is 0.288. The van der Waals surface area contributed by atoms with Crippen LogP contribution in [0.4, 0.5) is 0 Å². The Hall–Kier alpha value is -2.96. The maximum absolute atomic E-state index is 13.4. The van der Waals surface area contributed by atoms with E-state index in [1.807, 2.05) is 30.3 Å². The van der Waals surface area contributed by atoms with E-state index in [-0.39, 0.29) is 11.3 Å². The maximum Gasteiger partial charge on any atom is 0.257 e. The highest BCUT2D eigenvalue weighted by Crippen LogP contribution is 2.27. The van der Waals surface area contributed by atoms with Crippen LogP contribution >= 0.6 is 0 Å². The van der Waals surface area contributed by atoms with E-state index in [1.54, 1.807) is 44.2 Å². The van der Waals surface area contributed by atoms with Gasteiger partial charge < -0.3 is 18.8 Å². The van der Waals surface area contributed by atoms with Crippen molar-refractivity contribution in [1.29, 1.82) is 0 Å². The molecule has 158 valence electrons. The standard InChI is InChI=1S/C24H27NO5/c1-17-21(26)19-11-7-12-20(23(19)30-22(17)18-9-5-4-6-10-18)24(27)25(14-16-29-3)13-8-15-28-2/h4-7,9-12H,8,13-16H2,1-3H3. The number of methoxy groups -OCH3 is 2. The predicted molar refractivity (Wildman–Crippen MR) is 117 cm³/mol. The molecule has 1 aromatic heterocycles. The number of nitrogens with zero attached hydrogens (tertiary/aromatic N) is 1. The molecule has 0 aliphatic heterocycles. The van der Waals surface area contributed by atoms with Crippen LogP contribution in [0.3, 0.4) is 0 Å². The molecule has 0 aliphatic rings. The number of ether oxygens (including phenoxy) is 2. The Morgan fingerprint density at radius 1 is 0.967 bits per heavy atom. The monoisotopic (exact) mass is 409 g/mol. The molecule has 0 fully saturated rings. The van der Waals surface area contributed by atoms with Crippen molar-refractivity contribution in [1.82, 2.24) is 4.90 Å². The van der Waals surface area contributed by atoms with Gasteiger partial charge in [-0.05, 0) is 25.5 Å². The SMILES string of the molecule is COCCCN(CCOC)C(=O)c1cccc2c(=O)c(C)c(-c3ccccc3)oc12. The van der Waals surface area contributed by atoms with Gasteiger partial charge in [-0.15, -0.1) is 0 Å². The molecule has 0 saturated carbocycles. The third-order valence-electron chi connectivity index (χ3n) is 5.04. The molecule has 0 aliphatic carbocycles. The van der Waals surface area contributed by atoms with Crippen molar-refractivity contribution >= 4 is 16.9 Å². The summed E-state index contributed by atoms with van der Waals surface area (Å²) in [6.45, 7) is 3.68. The van der Waals surface area contributed by atoms with Gasteiger partial charge in [-0.1, -0.05) is 36.4 Å². The summed E-state index contributed by atoms with van der Waals surface area (Å²) in [5, 5.41) is 0.404. The van der Waals surface area contributed by atoms with Crippen LogP contribution in [0.2, 0.25) is 0 Å². The zero-order valence-electron chi connectivity index (χ0n) is 17.6. The summed E-state index contributed by atoms with van der Waals surface area (Å²) >= 11 is 0. The van der Waals surface area contributed by atoms with Crippen molar-refractivity contribution in [2.45, 2.75) is 13.3 Å². The average Bonchev–Trinajstić information content (AvgIpc) is 2.78. The Labute approximate surface area is 176 Å². The lowest BCUT2D eigenvalue weighted by molar-refractivity contribution is 0.0675. The van der Waals surface area contributed by atoms with Crippen LogP contribution in [0.5, 0.6) is 0 Å². The van der Waals surface area contributed by atoms with Crippen molar-refractivity contribution in [3.63, 3.8) is 0 Å². The minimum atomic E-state index is -0.195. The van der Waals surface area contributed by atoms with E-state index in [0.717, 1.165) is 5.56 Å². The summed E-state index contributed by atoms with van der Waals surface area (Å²) < 4.78 is 16.5. The molecular weight excluding hydrogens is 382 g/mol. The molecule has 0 radical (unpaired) electrons. The Bertz CT molecular complexity index is 1060.